The number of aromatic nitrogens is 1. The van der Waals surface area contributed by atoms with Crippen LogP contribution in [0.1, 0.15) is 11.3 Å². The third kappa shape index (κ3) is 4.11. The molecule has 2 aromatic rings. The normalized spacial score (nSPS) is 23.2. The van der Waals surface area contributed by atoms with Crippen molar-refractivity contribution < 1.29 is 19.4 Å². The van der Waals surface area contributed by atoms with Gasteiger partial charge in [-0.2, -0.15) is 0 Å². The molecule has 128 valence electrons. The lowest BCUT2D eigenvalue weighted by molar-refractivity contribution is -0.153. The summed E-state index contributed by atoms with van der Waals surface area (Å²) in [6, 6.07) is 7.61. The van der Waals surface area contributed by atoms with Gasteiger partial charge in [0.15, 0.2) is 0 Å². The van der Waals surface area contributed by atoms with Crippen molar-refractivity contribution in [2.24, 2.45) is 0 Å². The maximum Gasteiger partial charge on any atom is 0.312 e. The molecule has 6 nitrogen and oxygen atoms in total. The molecule has 3 rings (SSSR count). The van der Waals surface area contributed by atoms with E-state index in [2.05, 4.69) is 10.3 Å². The minimum Gasteiger partial charge on any atom is -0.497 e. The van der Waals surface area contributed by atoms with Crippen LogP contribution in [0.15, 0.2) is 35.2 Å². The molecule has 0 aliphatic carbocycles. The topological polar surface area (TPSA) is 80.7 Å². The van der Waals surface area contributed by atoms with E-state index in [1.54, 1.807) is 12.6 Å². The molecular formula is C17H20N2O4S. The van der Waals surface area contributed by atoms with E-state index < -0.39 is 12.2 Å². The van der Waals surface area contributed by atoms with Crippen LogP contribution in [0.5, 0.6) is 5.75 Å². The predicted octanol–water partition coefficient (Wildman–Crippen LogP) is 1.18. The van der Waals surface area contributed by atoms with E-state index in [-0.39, 0.29) is 18.4 Å². The first-order valence-corrected chi connectivity index (χ1v) is 8.71. The monoisotopic (exact) mass is 348 g/mol. The Morgan fingerprint density at radius 3 is 2.88 bits per heavy atom. The lowest BCUT2D eigenvalue weighted by Crippen LogP contribution is -2.39. The fraction of sp³-hybridized carbons (Fsp3) is 0.412. The number of hydrogen-bond acceptors (Lipinski definition) is 7. The van der Waals surface area contributed by atoms with Crippen LogP contribution in [-0.4, -0.2) is 48.0 Å². The zero-order valence-corrected chi connectivity index (χ0v) is 14.2. The number of β-amino-alcohol motifs (C(OH)–C–C–N with tert-alkyl or cyclic N) is 1. The molecule has 1 aliphatic rings. The van der Waals surface area contributed by atoms with Crippen LogP contribution in [0, 0.1) is 0 Å². The Hall–Kier alpha value is -1.96. The van der Waals surface area contributed by atoms with Gasteiger partial charge in [0.25, 0.3) is 0 Å². The van der Waals surface area contributed by atoms with E-state index in [0.717, 1.165) is 11.3 Å². The summed E-state index contributed by atoms with van der Waals surface area (Å²) in [5.74, 6) is 0.429. The largest absolute Gasteiger partial charge is 0.497 e. The van der Waals surface area contributed by atoms with Crippen molar-refractivity contribution in [3.63, 3.8) is 0 Å². The second-order valence-electron chi connectivity index (χ2n) is 5.75. The van der Waals surface area contributed by atoms with Crippen molar-refractivity contribution in [1.29, 1.82) is 0 Å². The summed E-state index contributed by atoms with van der Waals surface area (Å²) in [6.07, 6.45) is -0.469. The number of benzene rings is 1. The van der Waals surface area contributed by atoms with Crippen molar-refractivity contribution in [3.05, 3.63) is 46.4 Å². The van der Waals surface area contributed by atoms with E-state index in [1.165, 1.54) is 11.3 Å². The van der Waals surface area contributed by atoms with Crippen LogP contribution in [0.2, 0.25) is 0 Å². The molecule has 1 saturated heterocycles. The molecule has 0 bridgehead atoms. The third-order valence-electron chi connectivity index (χ3n) is 4.06. The number of aliphatic hydroxyl groups excluding tert-OH is 1. The highest BCUT2D eigenvalue weighted by Crippen LogP contribution is 2.19. The van der Waals surface area contributed by atoms with Gasteiger partial charge in [-0.25, -0.2) is 4.98 Å². The summed E-state index contributed by atoms with van der Waals surface area (Å²) < 4.78 is 10.7. The molecule has 0 radical (unpaired) electrons. The Bertz CT molecular complexity index is 660. The molecule has 0 spiro atoms. The predicted molar refractivity (Wildman–Crippen MR) is 90.2 cm³/mol. The van der Waals surface area contributed by atoms with Gasteiger partial charge in [0.1, 0.15) is 18.0 Å². The van der Waals surface area contributed by atoms with Gasteiger partial charge >= 0.3 is 5.97 Å². The Kier molecular flexibility index (Phi) is 5.44. The number of methoxy groups -OCH3 is 1. The van der Waals surface area contributed by atoms with Crippen molar-refractivity contribution >= 4 is 17.3 Å². The quantitative estimate of drug-likeness (QED) is 0.763. The zero-order valence-electron chi connectivity index (χ0n) is 13.3. The number of esters is 1. The van der Waals surface area contributed by atoms with E-state index in [4.69, 9.17) is 9.47 Å². The highest BCUT2D eigenvalue weighted by Gasteiger charge is 2.37. The van der Waals surface area contributed by atoms with E-state index in [0.29, 0.717) is 18.7 Å². The average molecular weight is 348 g/mol. The van der Waals surface area contributed by atoms with Crippen LogP contribution < -0.4 is 10.1 Å². The van der Waals surface area contributed by atoms with E-state index >= 15 is 0 Å². The summed E-state index contributed by atoms with van der Waals surface area (Å²) in [7, 11) is 1.63. The second kappa shape index (κ2) is 7.74. The summed E-state index contributed by atoms with van der Waals surface area (Å²) >= 11 is 1.44. The fourth-order valence-electron chi connectivity index (χ4n) is 2.80. The van der Waals surface area contributed by atoms with Gasteiger partial charge in [-0.1, -0.05) is 12.1 Å². The number of rotatable bonds is 6. The maximum atomic E-state index is 12.1. The summed E-state index contributed by atoms with van der Waals surface area (Å²) in [6.45, 7) is 0.412. The number of nitrogens with one attached hydrogen (secondary N) is 1. The zero-order chi connectivity index (χ0) is 16.9. The minimum absolute atomic E-state index is 0.118. The van der Waals surface area contributed by atoms with Crippen molar-refractivity contribution in [3.8, 4) is 5.75 Å². The van der Waals surface area contributed by atoms with Gasteiger partial charge in [0.05, 0.1) is 30.8 Å². The maximum absolute atomic E-state index is 12.1. The average Bonchev–Trinajstić information content (AvgIpc) is 3.20. The lowest BCUT2D eigenvalue weighted by atomic mass is 10.0. The van der Waals surface area contributed by atoms with Gasteiger partial charge in [-0.3, -0.25) is 4.79 Å². The molecule has 2 N–H and O–H groups in total. The van der Waals surface area contributed by atoms with Crippen LogP contribution in [0.25, 0.3) is 0 Å². The van der Waals surface area contributed by atoms with Crippen LogP contribution in [-0.2, 0) is 22.4 Å². The fourth-order valence-corrected chi connectivity index (χ4v) is 3.36. The molecule has 3 unspecified atom stereocenters. The van der Waals surface area contributed by atoms with Crippen LogP contribution >= 0.6 is 11.3 Å². The van der Waals surface area contributed by atoms with Gasteiger partial charge in [-0.15, -0.1) is 11.3 Å². The molecule has 0 amide bonds. The first-order valence-electron chi connectivity index (χ1n) is 7.76. The molecule has 7 heteroatoms. The Morgan fingerprint density at radius 1 is 1.42 bits per heavy atom. The molecule has 1 aliphatic heterocycles. The van der Waals surface area contributed by atoms with E-state index in [9.17, 15) is 9.90 Å². The highest BCUT2D eigenvalue weighted by molar-refractivity contribution is 7.07. The summed E-state index contributed by atoms with van der Waals surface area (Å²) in [5.41, 5.74) is 3.46. The molecule has 0 saturated carbocycles. The SMILES string of the molecule is COc1ccc(CC2NCC(O)C2OC(=O)Cc2cscn2)cc1. The number of ether oxygens (including phenoxy) is 2. The molecular weight excluding hydrogens is 328 g/mol. The first-order chi connectivity index (χ1) is 11.7. The Morgan fingerprint density at radius 2 is 2.21 bits per heavy atom. The van der Waals surface area contributed by atoms with Gasteiger partial charge < -0.3 is 19.9 Å². The van der Waals surface area contributed by atoms with Crippen LogP contribution in [0.4, 0.5) is 0 Å². The Balaban J connectivity index is 1.60. The highest BCUT2D eigenvalue weighted by atomic mass is 32.1. The smallest absolute Gasteiger partial charge is 0.312 e. The number of nitrogens with zero attached hydrogens (tertiary/aromatic N) is 1. The molecule has 1 fully saturated rings. The standard InChI is InChI=1S/C17H20N2O4S/c1-22-13-4-2-11(3-5-13)6-14-17(15(20)8-18-14)23-16(21)7-12-9-24-10-19-12/h2-5,9-10,14-15,17-18,20H,6-8H2,1H3. The second-order valence-corrected chi connectivity index (χ2v) is 6.46. The van der Waals surface area contributed by atoms with Crippen molar-refractivity contribution in [1.82, 2.24) is 10.3 Å². The molecule has 1 aromatic carbocycles. The number of thiazole rings is 1. The molecule has 24 heavy (non-hydrogen) atoms. The van der Waals surface area contributed by atoms with E-state index in [1.807, 2.05) is 29.6 Å². The number of carbonyl (C=O) groups excluding carboxylic acids is 1. The molecule has 2 heterocycles. The van der Waals surface area contributed by atoms with Gasteiger partial charge in [0.2, 0.25) is 0 Å². The number of carbonyl (C=O) groups is 1. The lowest BCUT2D eigenvalue weighted by Gasteiger charge is -2.22. The summed E-state index contributed by atoms with van der Waals surface area (Å²) in [4.78, 5) is 16.2. The number of aliphatic hydroxyl groups is 1. The number of hydrogen-bond donors (Lipinski definition) is 2. The van der Waals surface area contributed by atoms with Crippen LogP contribution in [0.3, 0.4) is 0 Å². The molecule has 1 aromatic heterocycles. The molecule has 3 atom stereocenters. The minimum atomic E-state index is -0.701. The van der Waals surface area contributed by atoms with Crippen molar-refractivity contribution in [2.45, 2.75) is 31.1 Å². The summed E-state index contributed by atoms with van der Waals surface area (Å²) in [5, 5.41) is 15.2. The van der Waals surface area contributed by atoms with Gasteiger partial charge in [-0.05, 0) is 24.1 Å². The Labute approximate surface area is 144 Å². The third-order valence-corrected chi connectivity index (χ3v) is 4.69. The van der Waals surface area contributed by atoms with Gasteiger partial charge in [0, 0.05) is 11.9 Å². The first kappa shape index (κ1) is 16.9. The van der Waals surface area contributed by atoms with Crippen molar-refractivity contribution in [2.75, 3.05) is 13.7 Å².